The maximum absolute atomic E-state index is 13.2. The highest BCUT2D eigenvalue weighted by Crippen LogP contribution is 2.39. The number of anilines is 2. The van der Waals surface area contributed by atoms with Crippen LogP contribution in [-0.2, 0) is 24.7 Å². The van der Waals surface area contributed by atoms with Crippen molar-refractivity contribution in [1.82, 2.24) is 0 Å². The Hall–Kier alpha value is -6.20. The van der Waals surface area contributed by atoms with E-state index in [4.69, 9.17) is 9.47 Å². The Bertz CT molecular complexity index is 2040. The third-order valence-electron chi connectivity index (χ3n) is 7.96. The number of benzene rings is 5. The average Bonchev–Trinajstić information content (AvgIpc) is 3.11. The van der Waals surface area contributed by atoms with Crippen LogP contribution in [0, 0.1) is 0 Å². The van der Waals surface area contributed by atoms with Gasteiger partial charge in [-0.1, -0.05) is 13.8 Å². The number of carbonyl (C=O) groups excluding carboxylic acids is 2. The molecule has 0 aromatic heterocycles. The van der Waals surface area contributed by atoms with Gasteiger partial charge in [0.25, 0.3) is 11.8 Å². The topological polar surface area (TPSA) is 76.7 Å². The van der Waals surface area contributed by atoms with E-state index in [1.807, 2.05) is 13.8 Å². The Morgan fingerprint density at radius 1 is 0.439 bits per heavy atom. The van der Waals surface area contributed by atoms with E-state index in [-0.39, 0.29) is 52.4 Å². The number of rotatable bonds is 9. The second-order valence-electron chi connectivity index (χ2n) is 12.6. The fourth-order valence-electron chi connectivity index (χ4n) is 5.11. The molecule has 0 saturated carbocycles. The molecule has 5 aromatic rings. The number of ether oxygens (including phenoxy) is 2. The van der Waals surface area contributed by atoms with Gasteiger partial charge in [-0.25, -0.2) is 0 Å². The van der Waals surface area contributed by atoms with E-state index in [1.165, 1.54) is 54.6 Å². The molecular weight excluding hydrogens is 788 g/mol. The summed E-state index contributed by atoms with van der Waals surface area (Å²) in [6.45, 7) is 3.75. The molecule has 0 spiro atoms. The molecule has 0 unspecified atom stereocenters. The summed E-state index contributed by atoms with van der Waals surface area (Å²) < 4.78 is 171. The highest BCUT2D eigenvalue weighted by Gasteiger charge is 2.39. The van der Waals surface area contributed by atoms with Crippen molar-refractivity contribution in [2.75, 3.05) is 10.6 Å². The molecular formula is C39H26F12N2O4. The lowest BCUT2D eigenvalue weighted by Gasteiger charge is -2.15. The molecule has 18 heteroatoms. The molecule has 0 bridgehead atoms. The molecule has 0 radical (unpaired) electrons. The van der Waals surface area contributed by atoms with Crippen molar-refractivity contribution in [2.24, 2.45) is 0 Å². The first-order chi connectivity index (χ1) is 26.3. The van der Waals surface area contributed by atoms with Gasteiger partial charge in [-0.2, -0.15) is 52.7 Å². The summed E-state index contributed by atoms with van der Waals surface area (Å²) in [5.74, 6) is -1.55. The minimum Gasteiger partial charge on any atom is -0.457 e. The van der Waals surface area contributed by atoms with Crippen LogP contribution in [0.3, 0.4) is 0 Å². The summed E-state index contributed by atoms with van der Waals surface area (Å²) in [6.07, 6.45) is -20.6. The summed E-state index contributed by atoms with van der Waals surface area (Å²) in [5, 5.41) is 4.50. The van der Waals surface area contributed by atoms with Gasteiger partial charge in [-0.3, -0.25) is 9.59 Å². The summed E-state index contributed by atoms with van der Waals surface area (Å²) in [4.78, 5) is 25.3. The molecule has 0 aliphatic rings. The average molecular weight is 815 g/mol. The van der Waals surface area contributed by atoms with Gasteiger partial charge in [0.1, 0.15) is 23.0 Å². The second kappa shape index (κ2) is 15.7. The molecule has 0 aliphatic heterocycles. The molecule has 2 N–H and O–H groups in total. The fourth-order valence-corrected chi connectivity index (χ4v) is 5.11. The Labute approximate surface area is 315 Å². The van der Waals surface area contributed by atoms with E-state index in [9.17, 15) is 62.3 Å². The summed E-state index contributed by atoms with van der Waals surface area (Å²) in [6, 6.07) is 16.6. The molecule has 6 nitrogen and oxygen atoms in total. The van der Waals surface area contributed by atoms with Gasteiger partial charge in [0.05, 0.1) is 22.3 Å². The van der Waals surface area contributed by atoms with E-state index in [0.717, 1.165) is 5.56 Å². The van der Waals surface area contributed by atoms with Crippen molar-refractivity contribution in [3.63, 3.8) is 0 Å². The zero-order valence-electron chi connectivity index (χ0n) is 29.1. The van der Waals surface area contributed by atoms with Crippen molar-refractivity contribution in [3.05, 3.63) is 142 Å². The maximum Gasteiger partial charge on any atom is 0.416 e. The largest absolute Gasteiger partial charge is 0.457 e. The van der Waals surface area contributed by atoms with Gasteiger partial charge in [-0.05, 0) is 109 Å². The Kier molecular flexibility index (Phi) is 11.6. The van der Waals surface area contributed by atoms with Gasteiger partial charge in [0, 0.05) is 28.6 Å². The van der Waals surface area contributed by atoms with Gasteiger partial charge in [0.2, 0.25) is 0 Å². The molecule has 2 amide bonds. The van der Waals surface area contributed by atoms with E-state index in [1.54, 1.807) is 12.1 Å². The fraction of sp³-hybridized carbons (Fsp3) is 0.179. The highest BCUT2D eigenvalue weighted by atomic mass is 19.4. The molecule has 0 atom stereocenters. The summed E-state index contributed by atoms with van der Waals surface area (Å²) in [7, 11) is 0. The van der Waals surface area contributed by atoms with Crippen LogP contribution in [0.5, 0.6) is 23.0 Å². The van der Waals surface area contributed by atoms with Crippen LogP contribution >= 0.6 is 0 Å². The molecule has 5 aromatic carbocycles. The van der Waals surface area contributed by atoms with Crippen molar-refractivity contribution in [2.45, 2.75) is 44.5 Å². The Morgan fingerprint density at radius 3 is 1.00 bits per heavy atom. The molecule has 57 heavy (non-hydrogen) atoms. The molecule has 0 heterocycles. The van der Waals surface area contributed by atoms with E-state index >= 15 is 0 Å². The normalized spacial score (nSPS) is 12.3. The lowest BCUT2D eigenvalue weighted by Crippen LogP contribution is -2.17. The van der Waals surface area contributed by atoms with Crippen LogP contribution in [0.1, 0.15) is 68.3 Å². The Morgan fingerprint density at radius 2 is 0.737 bits per heavy atom. The monoisotopic (exact) mass is 814 g/mol. The third kappa shape index (κ3) is 11.0. The maximum atomic E-state index is 13.2. The first kappa shape index (κ1) is 42.0. The van der Waals surface area contributed by atoms with Crippen molar-refractivity contribution >= 4 is 23.2 Å². The number of hydrogen-bond donors (Lipinski definition) is 2. The number of carbonyl (C=O) groups is 2. The SMILES string of the molecule is CC(C)c1cc(Oc2ccc(NC(=O)c3cc(C(F)(F)F)cc(C(F)(F)F)c3)cc2)cc(Oc2ccc(NC(=O)c3cc(C(F)(F)F)cc(C(F)(F)F)c3)cc2)c1. The van der Waals surface area contributed by atoms with Crippen LogP contribution in [0.25, 0.3) is 0 Å². The minimum atomic E-state index is -5.14. The Balaban J connectivity index is 1.28. The van der Waals surface area contributed by atoms with Gasteiger partial charge in [-0.15, -0.1) is 0 Å². The van der Waals surface area contributed by atoms with Crippen molar-refractivity contribution < 1.29 is 71.7 Å². The van der Waals surface area contributed by atoms with Crippen LogP contribution < -0.4 is 20.1 Å². The summed E-state index contributed by atoms with van der Waals surface area (Å²) in [5.41, 5.74) is -7.53. The number of alkyl halides is 12. The van der Waals surface area contributed by atoms with Gasteiger partial charge < -0.3 is 20.1 Å². The second-order valence-corrected chi connectivity index (χ2v) is 12.6. The standard InChI is InChI=1S/C39H26F12N2O4/c1-20(2)21-15-32(56-30-7-3-28(4-8-30)52-34(54)22-11-24(36(40,41)42)17-25(12-22)37(43,44)45)19-33(16-21)57-31-9-5-29(6-10-31)53-35(55)23-13-26(38(46,47)48)18-27(14-23)39(49,50)51/h3-20H,1-2H3,(H,52,54)(H,53,55). The van der Waals surface area contributed by atoms with Gasteiger partial charge >= 0.3 is 24.7 Å². The number of nitrogens with one attached hydrogen (secondary N) is 2. The van der Waals surface area contributed by atoms with E-state index in [2.05, 4.69) is 10.6 Å². The van der Waals surface area contributed by atoms with Crippen LogP contribution in [0.4, 0.5) is 64.1 Å². The molecule has 5 rings (SSSR count). The summed E-state index contributed by atoms with van der Waals surface area (Å²) >= 11 is 0. The number of halogens is 12. The first-order valence-corrected chi connectivity index (χ1v) is 16.3. The molecule has 300 valence electrons. The van der Waals surface area contributed by atoms with E-state index in [0.29, 0.717) is 24.3 Å². The van der Waals surface area contributed by atoms with Crippen molar-refractivity contribution in [1.29, 1.82) is 0 Å². The highest BCUT2D eigenvalue weighted by molar-refractivity contribution is 6.05. The number of hydrogen-bond acceptors (Lipinski definition) is 4. The quantitative estimate of drug-likeness (QED) is 0.145. The predicted octanol–water partition coefficient (Wildman–Crippen LogP) is 13.0. The lowest BCUT2D eigenvalue weighted by atomic mass is 10.0. The molecule has 0 aliphatic carbocycles. The molecule has 0 fully saturated rings. The first-order valence-electron chi connectivity index (χ1n) is 16.3. The smallest absolute Gasteiger partial charge is 0.416 e. The lowest BCUT2D eigenvalue weighted by molar-refractivity contribution is -0.144. The third-order valence-corrected chi connectivity index (χ3v) is 7.96. The van der Waals surface area contributed by atoms with Crippen LogP contribution in [-0.4, -0.2) is 11.8 Å². The van der Waals surface area contributed by atoms with Crippen LogP contribution in [0.2, 0.25) is 0 Å². The zero-order valence-corrected chi connectivity index (χ0v) is 29.1. The predicted molar refractivity (Wildman–Crippen MR) is 182 cm³/mol. The minimum absolute atomic E-state index is 0.0267. The number of amides is 2. The van der Waals surface area contributed by atoms with E-state index < -0.39 is 69.9 Å². The van der Waals surface area contributed by atoms with Gasteiger partial charge in [0.15, 0.2) is 0 Å². The zero-order chi connectivity index (χ0) is 42.1. The van der Waals surface area contributed by atoms with Crippen LogP contribution in [0.15, 0.2) is 103 Å². The van der Waals surface area contributed by atoms with Crippen molar-refractivity contribution in [3.8, 4) is 23.0 Å². The molecule has 0 saturated heterocycles.